The average Bonchev–Trinajstić information content (AvgIpc) is 3.16. The summed E-state index contributed by atoms with van der Waals surface area (Å²) in [7, 11) is 0. The van der Waals surface area contributed by atoms with Gasteiger partial charge in [0, 0.05) is 28.9 Å². The summed E-state index contributed by atoms with van der Waals surface area (Å²) in [6.45, 7) is 0. The number of benzene rings is 2. The van der Waals surface area contributed by atoms with Gasteiger partial charge >= 0.3 is 0 Å². The van der Waals surface area contributed by atoms with Crippen LogP contribution in [0.1, 0.15) is 10.4 Å². The summed E-state index contributed by atoms with van der Waals surface area (Å²) in [6.07, 6.45) is 1.53. The van der Waals surface area contributed by atoms with Crippen molar-refractivity contribution in [1.82, 2.24) is 19.8 Å². The highest BCUT2D eigenvalue weighted by Gasteiger charge is 2.10. The number of hydrogen-bond acceptors (Lipinski definition) is 6. The van der Waals surface area contributed by atoms with Crippen molar-refractivity contribution < 1.29 is 9.72 Å². The van der Waals surface area contributed by atoms with Gasteiger partial charge in [-0.25, -0.2) is 0 Å². The zero-order valence-electron chi connectivity index (χ0n) is 13.8. The Morgan fingerprint density at radius 1 is 1.00 bits per heavy atom. The standard InChI is InChI=1S/C18H12N6O3/c25-18(13-3-7-15(8-4-13)24(26)27)20-14-5-1-12(2-6-14)16-9-10-17-21-19-11-23(17)22-16/h1-11H,(H,20,25). The number of fused-ring (bicyclic) bond motifs is 1. The molecule has 4 aromatic rings. The Balaban J connectivity index is 1.50. The number of aromatic nitrogens is 4. The number of carbonyl (C=O) groups excluding carboxylic acids is 1. The lowest BCUT2D eigenvalue weighted by atomic mass is 10.1. The number of non-ortho nitro benzene ring substituents is 1. The van der Waals surface area contributed by atoms with Gasteiger partial charge in [0.05, 0.1) is 10.6 Å². The Morgan fingerprint density at radius 3 is 2.44 bits per heavy atom. The number of hydrogen-bond donors (Lipinski definition) is 1. The SMILES string of the molecule is O=C(Nc1ccc(-c2ccc3nncn3n2)cc1)c1ccc([N+](=O)[O-])cc1. The third-order valence-corrected chi connectivity index (χ3v) is 3.94. The lowest BCUT2D eigenvalue weighted by Gasteiger charge is -2.07. The number of rotatable bonds is 4. The minimum Gasteiger partial charge on any atom is -0.322 e. The number of carbonyl (C=O) groups is 1. The molecule has 0 radical (unpaired) electrons. The van der Waals surface area contributed by atoms with E-state index in [-0.39, 0.29) is 11.6 Å². The van der Waals surface area contributed by atoms with E-state index in [2.05, 4.69) is 20.6 Å². The minimum atomic E-state index is -0.508. The Morgan fingerprint density at radius 2 is 1.74 bits per heavy atom. The molecule has 9 heteroatoms. The van der Waals surface area contributed by atoms with Crippen LogP contribution in [0.2, 0.25) is 0 Å². The van der Waals surface area contributed by atoms with Gasteiger partial charge in [-0.05, 0) is 36.4 Å². The second kappa shape index (κ2) is 6.64. The number of amides is 1. The molecule has 0 aliphatic heterocycles. The Bertz CT molecular complexity index is 1140. The minimum absolute atomic E-state index is 0.0616. The van der Waals surface area contributed by atoms with E-state index in [1.54, 1.807) is 16.6 Å². The number of nitro benzene ring substituents is 1. The van der Waals surface area contributed by atoms with Gasteiger partial charge in [-0.15, -0.1) is 10.2 Å². The molecule has 2 heterocycles. The van der Waals surface area contributed by atoms with E-state index in [0.29, 0.717) is 16.9 Å². The van der Waals surface area contributed by atoms with Gasteiger partial charge < -0.3 is 5.32 Å². The monoisotopic (exact) mass is 360 g/mol. The Kier molecular flexibility index (Phi) is 4.01. The van der Waals surface area contributed by atoms with Gasteiger partial charge in [-0.2, -0.15) is 9.61 Å². The predicted octanol–water partition coefficient (Wildman–Crippen LogP) is 2.95. The van der Waals surface area contributed by atoms with Crippen LogP contribution in [0.15, 0.2) is 67.0 Å². The van der Waals surface area contributed by atoms with Gasteiger partial charge in [0.2, 0.25) is 0 Å². The fourth-order valence-corrected chi connectivity index (χ4v) is 2.54. The highest BCUT2D eigenvalue weighted by atomic mass is 16.6. The summed E-state index contributed by atoms with van der Waals surface area (Å²) < 4.78 is 1.58. The van der Waals surface area contributed by atoms with E-state index in [9.17, 15) is 14.9 Å². The fraction of sp³-hybridized carbons (Fsp3) is 0. The van der Waals surface area contributed by atoms with Crippen LogP contribution in [0.4, 0.5) is 11.4 Å². The lowest BCUT2D eigenvalue weighted by molar-refractivity contribution is -0.384. The normalized spacial score (nSPS) is 10.7. The molecule has 27 heavy (non-hydrogen) atoms. The first-order valence-electron chi connectivity index (χ1n) is 7.93. The van der Waals surface area contributed by atoms with Crippen molar-refractivity contribution in [3.8, 4) is 11.3 Å². The molecular formula is C18H12N6O3. The maximum Gasteiger partial charge on any atom is 0.269 e. The molecule has 0 unspecified atom stereocenters. The van der Waals surface area contributed by atoms with E-state index in [4.69, 9.17) is 0 Å². The predicted molar refractivity (Wildman–Crippen MR) is 97.3 cm³/mol. The Labute approximate surface area is 152 Å². The smallest absolute Gasteiger partial charge is 0.269 e. The van der Waals surface area contributed by atoms with Crippen LogP contribution in [0.25, 0.3) is 16.9 Å². The van der Waals surface area contributed by atoms with Crippen molar-refractivity contribution in [2.45, 2.75) is 0 Å². The van der Waals surface area contributed by atoms with Gasteiger partial charge in [-0.3, -0.25) is 14.9 Å². The van der Waals surface area contributed by atoms with Crippen LogP contribution in [0, 0.1) is 10.1 Å². The summed E-state index contributed by atoms with van der Waals surface area (Å²) in [6, 6.07) is 16.3. The van der Waals surface area contributed by atoms with Gasteiger partial charge in [-0.1, -0.05) is 12.1 Å². The van der Waals surface area contributed by atoms with Gasteiger partial charge in [0.25, 0.3) is 11.6 Å². The molecule has 2 aromatic heterocycles. The highest BCUT2D eigenvalue weighted by Crippen LogP contribution is 2.20. The molecule has 0 saturated heterocycles. The summed E-state index contributed by atoms with van der Waals surface area (Å²) in [5.41, 5.74) is 3.16. The quantitative estimate of drug-likeness (QED) is 0.442. The van der Waals surface area contributed by atoms with Crippen LogP contribution < -0.4 is 5.32 Å². The molecule has 0 aliphatic rings. The molecule has 132 valence electrons. The largest absolute Gasteiger partial charge is 0.322 e. The third kappa shape index (κ3) is 3.33. The molecule has 1 amide bonds. The number of nitrogens with one attached hydrogen (secondary N) is 1. The van der Waals surface area contributed by atoms with Crippen molar-refractivity contribution in [2.24, 2.45) is 0 Å². The van der Waals surface area contributed by atoms with Crippen molar-refractivity contribution in [3.05, 3.63) is 82.7 Å². The fourth-order valence-electron chi connectivity index (χ4n) is 2.54. The molecule has 4 rings (SSSR count). The van der Waals surface area contributed by atoms with Crippen LogP contribution in [0.5, 0.6) is 0 Å². The molecular weight excluding hydrogens is 348 g/mol. The second-order valence-electron chi connectivity index (χ2n) is 5.69. The van der Waals surface area contributed by atoms with Crippen molar-refractivity contribution >= 4 is 22.9 Å². The first-order chi connectivity index (χ1) is 13.1. The van der Waals surface area contributed by atoms with Crippen LogP contribution in [-0.4, -0.2) is 30.6 Å². The highest BCUT2D eigenvalue weighted by molar-refractivity contribution is 6.04. The van der Waals surface area contributed by atoms with Crippen LogP contribution in [-0.2, 0) is 0 Å². The molecule has 9 nitrogen and oxygen atoms in total. The van der Waals surface area contributed by atoms with Gasteiger partial charge in [0.1, 0.15) is 6.33 Å². The second-order valence-corrected chi connectivity index (χ2v) is 5.69. The van der Waals surface area contributed by atoms with E-state index in [1.807, 2.05) is 24.3 Å². The molecule has 0 atom stereocenters. The molecule has 0 bridgehead atoms. The van der Waals surface area contributed by atoms with Crippen LogP contribution >= 0.6 is 0 Å². The molecule has 1 N–H and O–H groups in total. The number of nitrogens with zero attached hydrogens (tertiary/aromatic N) is 5. The van der Waals surface area contributed by atoms with Crippen molar-refractivity contribution in [1.29, 1.82) is 0 Å². The number of nitro groups is 1. The summed E-state index contributed by atoms with van der Waals surface area (Å²) in [4.78, 5) is 22.4. The maximum atomic E-state index is 12.3. The summed E-state index contributed by atoms with van der Waals surface area (Å²) in [5.74, 6) is -0.346. The molecule has 0 spiro atoms. The topological polar surface area (TPSA) is 115 Å². The lowest BCUT2D eigenvalue weighted by Crippen LogP contribution is -2.11. The molecule has 0 fully saturated rings. The molecule has 0 aliphatic carbocycles. The van der Waals surface area contributed by atoms with E-state index >= 15 is 0 Å². The average molecular weight is 360 g/mol. The number of anilines is 1. The zero-order chi connectivity index (χ0) is 18.8. The van der Waals surface area contributed by atoms with Crippen molar-refractivity contribution in [2.75, 3.05) is 5.32 Å². The van der Waals surface area contributed by atoms with Gasteiger partial charge in [0.15, 0.2) is 5.65 Å². The first kappa shape index (κ1) is 16.3. The summed E-state index contributed by atoms with van der Waals surface area (Å²) in [5, 5.41) is 25.5. The molecule has 2 aromatic carbocycles. The van der Waals surface area contributed by atoms with Crippen LogP contribution in [0.3, 0.4) is 0 Å². The maximum absolute atomic E-state index is 12.3. The molecule has 0 saturated carbocycles. The zero-order valence-corrected chi connectivity index (χ0v) is 13.8. The third-order valence-electron chi connectivity index (χ3n) is 3.94. The van der Waals surface area contributed by atoms with E-state index in [0.717, 1.165) is 11.3 Å². The Hall–Kier alpha value is -4.14. The van der Waals surface area contributed by atoms with E-state index in [1.165, 1.54) is 30.6 Å². The first-order valence-corrected chi connectivity index (χ1v) is 7.93. The van der Waals surface area contributed by atoms with Crippen molar-refractivity contribution in [3.63, 3.8) is 0 Å². The summed E-state index contributed by atoms with van der Waals surface area (Å²) >= 11 is 0. The van der Waals surface area contributed by atoms with E-state index < -0.39 is 4.92 Å².